The van der Waals surface area contributed by atoms with Crippen molar-refractivity contribution < 1.29 is 13.5 Å². The zero-order chi connectivity index (χ0) is 14.5. The van der Waals surface area contributed by atoms with Gasteiger partial charge in [-0.2, -0.15) is 15.0 Å². The Hall–Kier alpha value is -1.47. The van der Waals surface area contributed by atoms with E-state index in [4.69, 9.17) is 16.3 Å². The molecule has 0 saturated carbocycles. The van der Waals surface area contributed by atoms with Gasteiger partial charge in [-0.1, -0.05) is 6.92 Å². The summed E-state index contributed by atoms with van der Waals surface area (Å²) in [4.78, 5) is 12.2. The van der Waals surface area contributed by atoms with Gasteiger partial charge in [-0.3, -0.25) is 0 Å². The van der Waals surface area contributed by atoms with Gasteiger partial charge in [0.05, 0.1) is 6.61 Å². The molecule has 8 heteroatoms. The molecule has 2 rings (SSSR count). The van der Waals surface area contributed by atoms with Crippen molar-refractivity contribution in [3.63, 3.8) is 0 Å². The molecule has 0 amide bonds. The van der Waals surface area contributed by atoms with E-state index >= 15 is 0 Å². The zero-order valence-corrected chi connectivity index (χ0v) is 12.0. The van der Waals surface area contributed by atoms with E-state index in [-0.39, 0.29) is 16.5 Å². The number of aromatic nitrogens is 3. The van der Waals surface area contributed by atoms with Crippen LogP contribution in [0.3, 0.4) is 0 Å². The highest BCUT2D eigenvalue weighted by atomic mass is 35.5. The number of benzene rings is 1. The molecule has 4 nitrogen and oxygen atoms in total. The second-order valence-corrected chi connectivity index (χ2v) is 5.07. The quantitative estimate of drug-likeness (QED) is 0.840. The van der Waals surface area contributed by atoms with Crippen LogP contribution in [0.4, 0.5) is 8.78 Å². The largest absolute Gasteiger partial charge is 0.463 e. The second kappa shape index (κ2) is 6.81. The molecule has 0 unspecified atom stereocenters. The van der Waals surface area contributed by atoms with Crippen molar-refractivity contribution >= 4 is 23.4 Å². The highest BCUT2D eigenvalue weighted by Crippen LogP contribution is 2.27. The van der Waals surface area contributed by atoms with Crippen LogP contribution in [-0.4, -0.2) is 21.6 Å². The maximum Gasteiger partial charge on any atom is 0.321 e. The first kappa shape index (κ1) is 14.9. The van der Waals surface area contributed by atoms with Gasteiger partial charge in [-0.15, -0.1) is 0 Å². The van der Waals surface area contributed by atoms with Crippen molar-refractivity contribution in [2.45, 2.75) is 23.4 Å². The molecular formula is C12H10ClF2N3OS. The zero-order valence-electron chi connectivity index (χ0n) is 10.4. The van der Waals surface area contributed by atoms with E-state index in [2.05, 4.69) is 15.0 Å². The number of halogens is 3. The molecule has 0 aliphatic rings. The normalized spacial score (nSPS) is 10.6. The molecule has 106 valence electrons. The minimum Gasteiger partial charge on any atom is -0.463 e. The number of nitrogens with zero attached hydrogens (tertiary/aromatic N) is 3. The predicted molar refractivity (Wildman–Crippen MR) is 71.1 cm³/mol. The van der Waals surface area contributed by atoms with Gasteiger partial charge >= 0.3 is 6.01 Å². The minimum absolute atomic E-state index is 0.0174. The summed E-state index contributed by atoms with van der Waals surface area (Å²) in [6, 6.07) is 3.63. The van der Waals surface area contributed by atoms with Gasteiger partial charge in [0.1, 0.15) is 0 Å². The first-order valence-corrected chi connectivity index (χ1v) is 6.95. The Balaban J connectivity index is 2.19. The van der Waals surface area contributed by atoms with Gasteiger partial charge in [-0.05, 0) is 48.0 Å². The van der Waals surface area contributed by atoms with E-state index in [0.29, 0.717) is 11.5 Å². The predicted octanol–water partition coefficient (Wildman–Crippen LogP) is 3.74. The Labute approximate surface area is 123 Å². The average molecular weight is 318 g/mol. The molecule has 1 aromatic carbocycles. The standard InChI is InChI=1S/C12H10ClF2N3OS/c1-2-5-19-11-16-10(13)17-12(18-11)20-7-3-4-8(14)9(15)6-7/h3-4,6H,2,5H2,1H3. The summed E-state index contributed by atoms with van der Waals surface area (Å²) in [5, 5.41) is 0.235. The van der Waals surface area contributed by atoms with Crippen molar-refractivity contribution in [2.75, 3.05) is 6.61 Å². The Kier molecular flexibility index (Phi) is 5.08. The summed E-state index contributed by atoms with van der Waals surface area (Å²) in [5.74, 6) is -1.84. The van der Waals surface area contributed by atoms with E-state index < -0.39 is 11.6 Å². The lowest BCUT2D eigenvalue weighted by Crippen LogP contribution is -2.02. The van der Waals surface area contributed by atoms with Crippen LogP contribution in [0.15, 0.2) is 28.3 Å². The fraction of sp³-hybridized carbons (Fsp3) is 0.250. The van der Waals surface area contributed by atoms with Crippen LogP contribution < -0.4 is 4.74 Å². The Morgan fingerprint density at radius 2 is 2.00 bits per heavy atom. The van der Waals surface area contributed by atoms with Crippen LogP contribution >= 0.6 is 23.4 Å². The highest BCUT2D eigenvalue weighted by molar-refractivity contribution is 7.99. The molecule has 2 aromatic rings. The summed E-state index contributed by atoms with van der Waals surface area (Å²) < 4.78 is 31.2. The van der Waals surface area contributed by atoms with Gasteiger partial charge in [-0.25, -0.2) is 8.78 Å². The highest BCUT2D eigenvalue weighted by Gasteiger charge is 2.09. The third-order valence-electron chi connectivity index (χ3n) is 2.10. The Morgan fingerprint density at radius 3 is 2.70 bits per heavy atom. The van der Waals surface area contributed by atoms with E-state index in [9.17, 15) is 8.78 Å². The molecule has 0 atom stereocenters. The lowest BCUT2D eigenvalue weighted by atomic mass is 10.3. The van der Waals surface area contributed by atoms with Gasteiger partial charge in [0.25, 0.3) is 0 Å². The molecule has 0 spiro atoms. The third-order valence-corrected chi connectivity index (χ3v) is 3.13. The van der Waals surface area contributed by atoms with Crippen molar-refractivity contribution in [3.8, 4) is 6.01 Å². The maximum atomic E-state index is 13.1. The molecule has 0 radical (unpaired) electrons. The van der Waals surface area contributed by atoms with Crippen LogP contribution in [0.5, 0.6) is 6.01 Å². The molecule has 20 heavy (non-hydrogen) atoms. The summed E-state index contributed by atoms with van der Waals surface area (Å²) >= 11 is 6.80. The number of hydrogen-bond acceptors (Lipinski definition) is 5. The van der Waals surface area contributed by atoms with Crippen LogP contribution in [0, 0.1) is 11.6 Å². The van der Waals surface area contributed by atoms with Crippen LogP contribution in [-0.2, 0) is 0 Å². The van der Waals surface area contributed by atoms with Gasteiger partial charge in [0.2, 0.25) is 5.28 Å². The van der Waals surface area contributed by atoms with Crippen molar-refractivity contribution in [2.24, 2.45) is 0 Å². The lowest BCUT2D eigenvalue weighted by molar-refractivity contribution is 0.288. The molecular weight excluding hydrogens is 308 g/mol. The van der Waals surface area contributed by atoms with Crippen LogP contribution in [0.2, 0.25) is 5.28 Å². The first-order chi connectivity index (χ1) is 9.58. The van der Waals surface area contributed by atoms with Crippen molar-refractivity contribution in [3.05, 3.63) is 35.1 Å². The topological polar surface area (TPSA) is 47.9 Å². The molecule has 0 aliphatic heterocycles. The molecule has 0 saturated heterocycles. The van der Waals surface area contributed by atoms with E-state index in [1.807, 2.05) is 6.92 Å². The fourth-order valence-corrected chi connectivity index (χ4v) is 2.23. The number of rotatable bonds is 5. The Morgan fingerprint density at radius 1 is 1.20 bits per heavy atom. The lowest BCUT2D eigenvalue weighted by Gasteiger charge is -2.05. The maximum absolute atomic E-state index is 13.1. The summed E-state index contributed by atoms with van der Waals surface area (Å²) in [7, 11) is 0. The summed E-state index contributed by atoms with van der Waals surface area (Å²) in [6.45, 7) is 2.40. The third kappa shape index (κ3) is 4.01. The smallest absolute Gasteiger partial charge is 0.321 e. The molecule has 0 N–H and O–H groups in total. The van der Waals surface area contributed by atoms with Gasteiger partial charge < -0.3 is 4.74 Å². The molecule has 1 heterocycles. The average Bonchev–Trinajstić information content (AvgIpc) is 2.40. The second-order valence-electron chi connectivity index (χ2n) is 3.70. The van der Waals surface area contributed by atoms with Crippen LogP contribution in [0.1, 0.15) is 13.3 Å². The number of ether oxygens (including phenoxy) is 1. The van der Waals surface area contributed by atoms with Crippen molar-refractivity contribution in [1.82, 2.24) is 15.0 Å². The van der Waals surface area contributed by atoms with E-state index in [1.54, 1.807) is 0 Å². The fourth-order valence-electron chi connectivity index (χ4n) is 1.26. The first-order valence-electron chi connectivity index (χ1n) is 5.75. The van der Waals surface area contributed by atoms with Gasteiger partial charge in [0.15, 0.2) is 16.8 Å². The monoisotopic (exact) mass is 317 g/mol. The molecule has 0 aliphatic carbocycles. The molecule has 1 aromatic heterocycles. The molecule has 0 bridgehead atoms. The SMILES string of the molecule is CCCOc1nc(Cl)nc(Sc2ccc(F)c(F)c2)n1. The van der Waals surface area contributed by atoms with Crippen molar-refractivity contribution in [1.29, 1.82) is 0 Å². The summed E-state index contributed by atoms with van der Waals surface area (Å²) in [6.07, 6.45) is 0.801. The minimum atomic E-state index is -0.933. The molecule has 0 fully saturated rings. The number of hydrogen-bond donors (Lipinski definition) is 0. The summed E-state index contributed by atoms with van der Waals surface area (Å²) in [5.41, 5.74) is 0. The van der Waals surface area contributed by atoms with E-state index in [0.717, 1.165) is 30.3 Å². The van der Waals surface area contributed by atoms with E-state index in [1.165, 1.54) is 6.07 Å². The Bertz CT molecular complexity index is 615. The van der Waals surface area contributed by atoms with Gasteiger partial charge in [0, 0.05) is 4.90 Å². The van der Waals surface area contributed by atoms with Crippen LogP contribution in [0.25, 0.3) is 0 Å².